The van der Waals surface area contributed by atoms with Crippen LogP contribution >= 0.6 is 0 Å². The zero-order valence-corrected chi connectivity index (χ0v) is 10.2. The average Bonchev–Trinajstić information content (AvgIpc) is 2.31. The molecule has 18 heavy (non-hydrogen) atoms. The van der Waals surface area contributed by atoms with Gasteiger partial charge < -0.3 is 31.2 Å². The lowest BCUT2D eigenvalue weighted by Gasteiger charge is -2.13. The predicted octanol–water partition coefficient (Wildman–Crippen LogP) is -0.838. The molecule has 1 aromatic rings. The van der Waals surface area contributed by atoms with E-state index in [-0.39, 0.29) is 43.2 Å². The quantitative estimate of drug-likeness (QED) is 0.465. The summed E-state index contributed by atoms with van der Waals surface area (Å²) in [7, 11) is 0. The first-order valence-corrected chi connectivity index (χ1v) is 5.52. The Kier molecular flexibility index (Phi) is 5.40. The highest BCUT2D eigenvalue weighted by molar-refractivity contribution is 5.58. The summed E-state index contributed by atoms with van der Waals surface area (Å²) in [4.78, 5) is 7.64. The number of anilines is 2. The molecule has 0 saturated heterocycles. The maximum Gasteiger partial charge on any atom is 0.246 e. The molecular formula is C10H18N4O4. The highest BCUT2D eigenvalue weighted by Gasteiger charge is 2.13. The maximum absolute atomic E-state index is 9.12. The Bertz CT molecular complexity index is 386. The van der Waals surface area contributed by atoms with E-state index in [1.807, 2.05) is 0 Å². The van der Waals surface area contributed by atoms with Crippen molar-refractivity contribution in [2.24, 2.45) is 0 Å². The van der Waals surface area contributed by atoms with Crippen LogP contribution < -0.4 is 20.9 Å². The third-order valence-electron chi connectivity index (χ3n) is 1.90. The Hall–Kier alpha value is -1.80. The minimum absolute atomic E-state index is 0.00581. The number of hydrogen-bond acceptors (Lipinski definition) is 8. The Morgan fingerprint density at radius 2 is 1.83 bits per heavy atom. The van der Waals surface area contributed by atoms with E-state index in [0.717, 1.165) is 0 Å². The van der Waals surface area contributed by atoms with Gasteiger partial charge in [0.25, 0.3) is 0 Å². The van der Waals surface area contributed by atoms with Crippen molar-refractivity contribution < 1.29 is 19.7 Å². The number of aliphatic hydroxyl groups is 2. The van der Waals surface area contributed by atoms with Crippen LogP contribution in [0.25, 0.3) is 0 Å². The molecule has 8 nitrogen and oxygen atoms in total. The number of nitrogens with two attached hydrogens (primary N) is 2. The molecule has 6 N–H and O–H groups in total. The first-order valence-electron chi connectivity index (χ1n) is 5.52. The lowest BCUT2D eigenvalue weighted by atomic mass is 10.4. The van der Waals surface area contributed by atoms with E-state index < -0.39 is 6.10 Å². The molecule has 1 unspecified atom stereocenters. The van der Waals surface area contributed by atoms with Gasteiger partial charge in [0.2, 0.25) is 17.7 Å². The van der Waals surface area contributed by atoms with Gasteiger partial charge in [-0.1, -0.05) is 0 Å². The second kappa shape index (κ2) is 6.82. The van der Waals surface area contributed by atoms with E-state index in [4.69, 9.17) is 31.2 Å². The minimum atomic E-state index is -0.653. The molecule has 0 fully saturated rings. The molecule has 8 heteroatoms. The Labute approximate surface area is 105 Å². The molecule has 0 aliphatic heterocycles. The fourth-order valence-electron chi connectivity index (χ4n) is 1.10. The van der Waals surface area contributed by atoms with Crippen molar-refractivity contribution in [3.8, 4) is 11.8 Å². The minimum Gasteiger partial charge on any atom is -0.476 e. The van der Waals surface area contributed by atoms with Crippen molar-refractivity contribution in [2.45, 2.75) is 19.4 Å². The van der Waals surface area contributed by atoms with Gasteiger partial charge in [0.05, 0.1) is 12.7 Å². The van der Waals surface area contributed by atoms with Gasteiger partial charge in [0, 0.05) is 13.0 Å². The number of nitrogen functional groups attached to an aromatic ring is 2. The van der Waals surface area contributed by atoms with Gasteiger partial charge in [-0.15, -0.1) is 0 Å². The van der Waals surface area contributed by atoms with E-state index in [1.54, 1.807) is 6.92 Å². The van der Waals surface area contributed by atoms with Crippen LogP contribution in [0.15, 0.2) is 0 Å². The number of rotatable bonds is 7. The Balaban J connectivity index is 2.78. The van der Waals surface area contributed by atoms with Crippen molar-refractivity contribution in [1.82, 2.24) is 9.97 Å². The summed E-state index contributed by atoms with van der Waals surface area (Å²) >= 11 is 0. The van der Waals surface area contributed by atoms with Crippen LogP contribution in [-0.4, -0.2) is 46.1 Å². The number of aliphatic hydroxyl groups excluding tert-OH is 2. The normalized spacial score (nSPS) is 12.2. The molecule has 0 radical (unpaired) electrons. The van der Waals surface area contributed by atoms with E-state index in [2.05, 4.69) is 9.97 Å². The summed E-state index contributed by atoms with van der Waals surface area (Å²) in [5.41, 5.74) is 11.3. The van der Waals surface area contributed by atoms with E-state index in [1.165, 1.54) is 0 Å². The molecule has 0 saturated carbocycles. The zero-order valence-electron chi connectivity index (χ0n) is 10.2. The van der Waals surface area contributed by atoms with Crippen molar-refractivity contribution in [2.75, 3.05) is 31.3 Å². The highest BCUT2D eigenvalue weighted by Crippen LogP contribution is 2.28. The van der Waals surface area contributed by atoms with Crippen molar-refractivity contribution in [1.29, 1.82) is 0 Å². The smallest absolute Gasteiger partial charge is 0.246 e. The summed E-state index contributed by atoms with van der Waals surface area (Å²) < 4.78 is 10.4. The predicted molar refractivity (Wildman–Crippen MR) is 65.2 cm³/mol. The van der Waals surface area contributed by atoms with Crippen LogP contribution in [0.2, 0.25) is 0 Å². The number of ether oxygens (including phenoxy) is 2. The first kappa shape index (κ1) is 14.3. The molecule has 0 aliphatic carbocycles. The molecule has 0 aromatic carbocycles. The fourth-order valence-corrected chi connectivity index (χ4v) is 1.10. The lowest BCUT2D eigenvalue weighted by Crippen LogP contribution is -2.16. The summed E-state index contributed by atoms with van der Waals surface area (Å²) in [5.74, 6) is 0.141. The molecule has 0 aliphatic rings. The van der Waals surface area contributed by atoms with Gasteiger partial charge in [-0.2, -0.15) is 9.97 Å². The van der Waals surface area contributed by atoms with Gasteiger partial charge in [0.15, 0.2) is 5.69 Å². The van der Waals surface area contributed by atoms with Crippen LogP contribution in [0.3, 0.4) is 0 Å². The molecule has 0 spiro atoms. The topological polar surface area (TPSA) is 137 Å². The third-order valence-corrected chi connectivity index (χ3v) is 1.90. The van der Waals surface area contributed by atoms with Crippen LogP contribution in [0.5, 0.6) is 11.8 Å². The molecular weight excluding hydrogens is 240 g/mol. The molecule has 0 amide bonds. The number of hydrogen-bond donors (Lipinski definition) is 4. The molecule has 1 rings (SSSR count). The molecule has 1 heterocycles. The Morgan fingerprint density at radius 1 is 1.22 bits per heavy atom. The average molecular weight is 258 g/mol. The standard InChI is InChI=1S/C10H18N4O4/c1-6(16)5-18-9-7(11)8(13-10(12)14-9)17-4-2-3-15/h6,15-16H,2-5,11H2,1H3,(H2,12,13,14). The fraction of sp³-hybridized carbons (Fsp3) is 0.600. The van der Waals surface area contributed by atoms with Gasteiger partial charge in [0.1, 0.15) is 6.61 Å². The van der Waals surface area contributed by atoms with Crippen molar-refractivity contribution in [3.63, 3.8) is 0 Å². The highest BCUT2D eigenvalue weighted by atomic mass is 16.5. The largest absolute Gasteiger partial charge is 0.476 e. The summed E-state index contributed by atoms with van der Waals surface area (Å²) in [5, 5.41) is 17.8. The third kappa shape index (κ3) is 4.22. The van der Waals surface area contributed by atoms with Gasteiger partial charge in [-0.25, -0.2) is 0 Å². The van der Waals surface area contributed by atoms with Crippen LogP contribution in [0.1, 0.15) is 13.3 Å². The lowest BCUT2D eigenvalue weighted by molar-refractivity contribution is 0.120. The van der Waals surface area contributed by atoms with Gasteiger partial charge in [-0.3, -0.25) is 0 Å². The molecule has 1 atom stereocenters. The summed E-state index contributed by atoms with van der Waals surface area (Å²) in [6, 6.07) is 0. The molecule has 1 aromatic heterocycles. The van der Waals surface area contributed by atoms with E-state index >= 15 is 0 Å². The van der Waals surface area contributed by atoms with Crippen molar-refractivity contribution >= 4 is 11.6 Å². The van der Waals surface area contributed by atoms with Crippen LogP contribution in [0.4, 0.5) is 11.6 Å². The summed E-state index contributed by atoms with van der Waals surface area (Å²) in [6.07, 6.45) is -0.202. The maximum atomic E-state index is 9.12. The van der Waals surface area contributed by atoms with Crippen LogP contribution in [0, 0.1) is 0 Å². The van der Waals surface area contributed by atoms with E-state index in [9.17, 15) is 0 Å². The van der Waals surface area contributed by atoms with E-state index in [0.29, 0.717) is 6.42 Å². The van der Waals surface area contributed by atoms with Crippen molar-refractivity contribution in [3.05, 3.63) is 0 Å². The SMILES string of the molecule is CC(O)COc1nc(N)nc(OCCCO)c1N. The second-order valence-corrected chi connectivity index (χ2v) is 3.69. The number of aromatic nitrogens is 2. The van der Waals surface area contributed by atoms with Gasteiger partial charge >= 0.3 is 0 Å². The van der Waals surface area contributed by atoms with Crippen LogP contribution in [-0.2, 0) is 0 Å². The summed E-state index contributed by atoms with van der Waals surface area (Å²) in [6.45, 7) is 1.87. The monoisotopic (exact) mass is 258 g/mol. The first-order chi connectivity index (χ1) is 8.54. The Morgan fingerprint density at radius 3 is 2.39 bits per heavy atom. The van der Waals surface area contributed by atoms with Gasteiger partial charge in [-0.05, 0) is 6.92 Å². The second-order valence-electron chi connectivity index (χ2n) is 3.69. The molecule has 102 valence electrons. The zero-order chi connectivity index (χ0) is 13.5. The number of nitrogens with zero attached hydrogens (tertiary/aromatic N) is 2. The molecule has 0 bridgehead atoms.